The first kappa shape index (κ1) is 27.1. The summed E-state index contributed by atoms with van der Waals surface area (Å²) in [5, 5.41) is 16.5. The summed E-state index contributed by atoms with van der Waals surface area (Å²) >= 11 is 10.9. The molecule has 2 aromatic rings. The predicted molar refractivity (Wildman–Crippen MR) is 144 cm³/mol. The van der Waals surface area contributed by atoms with Crippen molar-refractivity contribution >= 4 is 98.6 Å². The van der Waals surface area contributed by atoms with E-state index in [1.807, 2.05) is 0 Å². The van der Waals surface area contributed by atoms with E-state index in [1.54, 1.807) is 6.07 Å². The number of anilines is 3. The lowest BCUT2D eigenvalue weighted by Crippen LogP contribution is -2.71. The van der Waals surface area contributed by atoms with Gasteiger partial charge in [-0.3, -0.25) is 14.5 Å². The summed E-state index contributed by atoms with van der Waals surface area (Å²) < 4.78 is 0.125. The Hall–Kier alpha value is -2.93. The van der Waals surface area contributed by atoms with Crippen molar-refractivity contribution in [3.8, 4) is 0 Å². The van der Waals surface area contributed by atoms with Crippen LogP contribution in [0.1, 0.15) is 5.69 Å². The number of thiazole rings is 1. The molecule has 1 fully saturated rings. The second-order valence-electron chi connectivity index (χ2n) is 7.13. The summed E-state index contributed by atoms with van der Waals surface area (Å²) in [6.07, 6.45) is 0. The van der Waals surface area contributed by atoms with Crippen molar-refractivity contribution in [2.45, 2.75) is 16.4 Å². The number of nitrogen functional groups attached to an aromatic ring is 3. The fourth-order valence-corrected chi connectivity index (χ4v) is 7.99. The van der Waals surface area contributed by atoms with Crippen LogP contribution in [-0.4, -0.2) is 77.8 Å². The van der Waals surface area contributed by atoms with Gasteiger partial charge < -0.3 is 32.5 Å². The number of hydrogen-bond acceptors (Lipinski definition) is 15. The Morgan fingerprint density at radius 2 is 2.08 bits per heavy atom. The maximum Gasteiger partial charge on any atom is 0.353 e. The first-order chi connectivity index (χ1) is 17.6. The minimum atomic E-state index is -1.25. The largest absolute Gasteiger partial charge is 0.477 e. The minimum absolute atomic E-state index is 0.0120. The molecule has 196 valence electrons. The van der Waals surface area contributed by atoms with Crippen molar-refractivity contribution in [3.05, 3.63) is 26.7 Å². The first-order valence-corrected chi connectivity index (χ1v) is 14.2. The molecule has 2 unspecified atom stereocenters. The summed E-state index contributed by atoms with van der Waals surface area (Å²) in [7, 11) is 1.24. The van der Waals surface area contributed by atoms with Gasteiger partial charge in [-0.15, -0.1) is 23.5 Å². The third kappa shape index (κ3) is 5.66. The number of aliphatic carboxylic acids is 1. The number of carboxylic acid groups (broad SMARTS) is 1. The third-order valence-corrected chi connectivity index (χ3v) is 9.51. The molecule has 4 rings (SSSR count). The fraction of sp³-hybridized carbons (Fsp3) is 0.278. The molecule has 0 radical (unpaired) electrons. The van der Waals surface area contributed by atoms with Gasteiger partial charge in [0.25, 0.3) is 11.8 Å². The molecule has 19 heteroatoms. The molecule has 2 atom stereocenters. The molecular formula is C18H18ClN9O5S4. The monoisotopic (exact) mass is 603 g/mol. The Morgan fingerprint density at radius 3 is 2.70 bits per heavy atom. The van der Waals surface area contributed by atoms with Crippen molar-refractivity contribution in [1.82, 2.24) is 25.2 Å². The average Bonchev–Trinajstić information content (AvgIpc) is 3.16. The summed E-state index contributed by atoms with van der Waals surface area (Å²) in [5.41, 5.74) is 16.5. The van der Waals surface area contributed by atoms with Crippen molar-refractivity contribution in [2.75, 3.05) is 35.1 Å². The fourth-order valence-electron chi connectivity index (χ4n) is 3.35. The molecule has 0 saturated carbocycles. The van der Waals surface area contributed by atoms with Crippen LogP contribution in [-0.2, 0) is 19.2 Å². The van der Waals surface area contributed by atoms with E-state index < -0.39 is 29.2 Å². The number of hydrogen-bond donors (Lipinski definition) is 5. The van der Waals surface area contributed by atoms with Crippen molar-refractivity contribution in [2.24, 2.45) is 5.16 Å². The number of aromatic nitrogens is 3. The minimum Gasteiger partial charge on any atom is -0.477 e. The van der Waals surface area contributed by atoms with Crippen LogP contribution in [0.3, 0.4) is 0 Å². The zero-order chi connectivity index (χ0) is 26.9. The number of oxime groups is 1. The Labute approximate surface area is 230 Å². The van der Waals surface area contributed by atoms with Crippen LogP contribution in [0.2, 0.25) is 4.34 Å². The van der Waals surface area contributed by atoms with Gasteiger partial charge in [-0.05, 0) is 0 Å². The Morgan fingerprint density at radius 1 is 1.32 bits per heavy atom. The normalized spacial score (nSPS) is 19.4. The van der Waals surface area contributed by atoms with Crippen LogP contribution in [0.5, 0.6) is 0 Å². The molecular weight excluding hydrogens is 586 g/mol. The molecule has 4 heterocycles. The number of amides is 2. The van der Waals surface area contributed by atoms with Gasteiger partial charge in [0.15, 0.2) is 10.8 Å². The SMILES string of the molecule is CO/N=C(\C(=O)NC1C(=O)N2C(C(=O)O)=C(SCSc3cc(N)nc(N)n3)CSC12)c1nc(N)sc1Cl. The maximum atomic E-state index is 13.0. The standard InChI is InChI=1S/C18H18ClN9O5S4/c1-33-27-9(8-12(19)37-18(22)26-8)13(29)25-10-14(30)28-11(16(31)32)5(3-34-15(10)28)35-4-36-7-2-6(20)23-17(21)24-7/h2,10,15H,3-4H2,1H3,(H2,22,26)(H,25,29)(H,31,32)(H4,20,21,23,24)/b27-9-. The van der Waals surface area contributed by atoms with E-state index in [0.29, 0.717) is 20.8 Å². The Bertz CT molecular complexity index is 1320. The second-order valence-corrected chi connectivity index (χ2v) is 12.3. The zero-order valence-corrected chi connectivity index (χ0v) is 22.7. The predicted octanol–water partition coefficient (Wildman–Crippen LogP) is 0.863. The first-order valence-electron chi connectivity index (χ1n) is 10.0. The number of nitrogens with one attached hydrogen (secondary N) is 1. The summed E-state index contributed by atoms with van der Waals surface area (Å²) in [5.74, 6) is -2.03. The molecule has 2 amide bonds. The molecule has 2 aliphatic rings. The van der Waals surface area contributed by atoms with Crippen molar-refractivity contribution in [1.29, 1.82) is 0 Å². The molecule has 1 saturated heterocycles. The molecule has 14 nitrogen and oxygen atoms in total. The second kappa shape index (κ2) is 11.2. The Kier molecular flexibility index (Phi) is 8.22. The van der Waals surface area contributed by atoms with Crippen molar-refractivity contribution < 1.29 is 24.3 Å². The van der Waals surface area contributed by atoms with Gasteiger partial charge in [0.1, 0.15) is 45.1 Å². The number of fused-ring (bicyclic) bond motifs is 1. The van der Waals surface area contributed by atoms with Crippen LogP contribution in [0.25, 0.3) is 0 Å². The quantitative estimate of drug-likeness (QED) is 0.0669. The molecule has 0 aromatic carbocycles. The number of rotatable bonds is 9. The smallest absolute Gasteiger partial charge is 0.353 e. The number of thioether (sulfide) groups is 3. The summed E-state index contributed by atoms with van der Waals surface area (Å²) in [6, 6.07) is 0.566. The van der Waals surface area contributed by atoms with Crippen molar-refractivity contribution in [3.63, 3.8) is 0 Å². The maximum absolute atomic E-state index is 13.0. The van der Waals surface area contributed by atoms with Crippen LogP contribution in [0, 0.1) is 0 Å². The average molecular weight is 604 g/mol. The van der Waals surface area contributed by atoms with E-state index in [9.17, 15) is 19.5 Å². The number of nitrogens with two attached hydrogens (primary N) is 3. The Balaban J connectivity index is 1.46. The molecule has 8 N–H and O–H groups in total. The zero-order valence-electron chi connectivity index (χ0n) is 18.7. The van der Waals surface area contributed by atoms with Crippen LogP contribution in [0.4, 0.5) is 16.9 Å². The van der Waals surface area contributed by atoms with Crippen LogP contribution >= 0.6 is 58.2 Å². The lowest BCUT2D eigenvalue weighted by atomic mass is 10.0. The van der Waals surface area contributed by atoms with Gasteiger partial charge in [-0.2, -0.15) is 4.98 Å². The van der Waals surface area contributed by atoms with Gasteiger partial charge >= 0.3 is 5.97 Å². The van der Waals surface area contributed by atoms with E-state index in [1.165, 1.54) is 42.4 Å². The number of β-lactam (4-membered cyclic amide) rings is 1. The number of carboxylic acids is 1. The summed E-state index contributed by atoms with van der Waals surface area (Å²) in [6.45, 7) is 0. The van der Waals surface area contributed by atoms with E-state index in [-0.39, 0.29) is 38.3 Å². The highest BCUT2D eigenvalue weighted by Crippen LogP contribution is 2.44. The number of carbonyl (C=O) groups is 3. The lowest BCUT2D eigenvalue weighted by molar-refractivity contribution is -0.150. The molecule has 0 aliphatic carbocycles. The molecule has 37 heavy (non-hydrogen) atoms. The van der Waals surface area contributed by atoms with Gasteiger partial charge in [0.05, 0.1) is 0 Å². The molecule has 0 spiro atoms. The molecule has 2 aliphatic heterocycles. The van der Waals surface area contributed by atoms with Gasteiger partial charge in [0.2, 0.25) is 5.95 Å². The molecule has 0 bridgehead atoms. The van der Waals surface area contributed by atoms with E-state index >= 15 is 0 Å². The number of nitrogens with zero attached hydrogens (tertiary/aromatic N) is 5. The number of halogens is 1. The molecule has 2 aromatic heterocycles. The van der Waals surface area contributed by atoms with Crippen LogP contribution in [0.15, 0.2) is 26.9 Å². The van der Waals surface area contributed by atoms with Gasteiger partial charge in [-0.25, -0.2) is 14.8 Å². The summed E-state index contributed by atoms with van der Waals surface area (Å²) in [4.78, 5) is 56.2. The van der Waals surface area contributed by atoms with Crippen LogP contribution < -0.4 is 22.5 Å². The van der Waals surface area contributed by atoms with Gasteiger partial charge in [0, 0.05) is 21.8 Å². The highest BCUT2D eigenvalue weighted by molar-refractivity contribution is 8.18. The van der Waals surface area contributed by atoms with E-state index in [2.05, 4.69) is 25.4 Å². The highest BCUT2D eigenvalue weighted by Gasteiger charge is 2.54. The van der Waals surface area contributed by atoms with Gasteiger partial charge in [-0.1, -0.05) is 39.9 Å². The van der Waals surface area contributed by atoms with E-state index in [4.69, 9.17) is 33.6 Å². The highest BCUT2D eigenvalue weighted by atomic mass is 35.5. The topological polar surface area (TPSA) is 225 Å². The number of carbonyl (C=O) groups excluding carboxylic acids is 2. The lowest BCUT2D eigenvalue weighted by Gasteiger charge is -2.49. The third-order valence-electron chi connectivity index (χ3n) is 4.83. The van der Waals surface area contributed by atoms with E-state index in [0.717, 1.165) is 16.2 Å².